The van der Waals surface area contributed by atoms with Crippen molar-refractivity contribution in [3.8, 4) is 0 Å². The molecule has 1 aromatic carbocycles. The number of nitrogens with two attached hydrogens (primary N) is 1. The highest BCUT2D eigenvalue weighted by molar-refractivity contribution is 7.80. The van der Waals surface area contributed by atoms with E-state index >= 15 is 0 Å². The molecule has 3 heteroatoms. The Hall–Kier alpha value is -0.930. The first-order valence-electron chi connectivity index (χ1n) is 5.70. The van der Waals surface area contributed by atoms with Gasteiger partial charge in [0.1, 0.15) is 4.99 Å². The van der Waals surface area contributed by atoms with Crippen molar-refractivity contribution in [1.29, 1.82) is 0 Å². The first kappa shape index (κ1) is 13.1. The second kappa shape index (κ2) is 7.36. The summed E-state index contributed by atoms with van der Waals surface area (Å²) in [6.45, 7) is 3.70. The molecule has 0 aromatic heterocycles. The van der Waals surface area contributed by atoms with Crippen molar-refractivity contribution in [3.05, 3.63) is 35.4 Å². The molecule has 0 amide bonds. The van der Waals surface area contributed by atoms with Crippen LogP contribution < -0.4 is 5.73 Å². The molecule has 0 fully saturated rings. The lowest BCUT2D eigenvalue weighted by molar-refractivity contribution is 0.117. The normalized spacial score (nSPS) is 10.3. The van der Waals surface area contributed by atoms with Crippen LogP contribution in [0.15, 0.2) is 24.3 Å². The lowest BCUT2D eigenvalue weighted by Crippen LogP contribution is -2.09. The molecule has 2 nitrogen and oxygen atoms in total. The summed E-state index contributed by atoms with van der Waals surface area (Å²) in [5, 5.41) is 0. The smallest absolute Gasteiger partial charge is 0.103 e. The third kappa shape index (κ3) is 4.73. The molecule has 0 saturated heterocycles. The molecule has 0 saturated carbocycles. The average molecular weight is 237 g/mol. The zero-order chi connectivity index (χ0) is 11.8. The van der Waals surface area contributed by atoms with Crippen molar-refractivity contribution >= 4 is 17.2 Å². The number of hydrogen-bond acceptors (Lipinski definition) is 2. The Balaban J connectivity index is 2.29. The Kier molecular flexibility index (Phi) is 6.04. The third-order valence-corrected chi connectivity index (χ3v) is 2.64. The maximum Gasteiger partial charge on any atom is 0.103 e. The predicted octanol–water partition coefficient (Wildman–Crippen LogP) is 3.03. The third-order valence-electron chi connectivity index (χ3n) is 2.40. The van der Waals surface area contributed by atoms with Crippen molar-refractivity contribution in [2.45, 2.75) is 32.8 Å². The molecule has 0 unspecified atom stereocenters. The zero-order valence-electron chi connectivity index (χ0n) is 9.74. The van der Waals surface area contributed by atoms with E-state index in [1.165, 1.54) is 12.8 Å². The Morgan fingerprint density at radius 1 is 1.25 bits per heavy atom. The Morgan fingerprint density at radius 2 is 1.94 bits per heavy atom. The predicted molar refractivity (Wildman–Crippen MR) is 71.5 cm³/mol. The van der Waals surface area contributed by atoms with E-state index in [0.717, 1.165) is 24.2 Å². The maximum atomic E-state index is 5.56. The minimum atomic E-state index is 0.440. The largest absolute Gasteiger partial charge is 0.389 e. The number of unbranched alkanes of at least 4 members (excludes halogenated alkanes) is 2. The highest BCUT2D eigenvalue weighted by atomic mass is 32.1. The SMILES string of the molecule is CCCCCOCc1ccc(C(N)=S)cc1. The van der Waals surface area contributed by atoms with E-state index in [0.29, 0.717) is 11.6 Å². The Labute approximate surface area is 103 Å². The van der Waals surface area contributed by atoms with Crippen molar-refractivity contribution in [3.63, 3.8) is 0 Å². The van der Waals surface area contributed by atoms with E-state index in [2.05, 4.69) is 6.92 Å². The van der Waals surface area contributed by atoms with Gasteiger partial charge >= 0.3 is 0 Å². The number of benzene rings is 1. The quantitative estimate of drug-likeness (QED) is 0.585. The van der Waals surface area contributed by atoms with Crippen LogP contribution in [0, 0.1) is 0 Å². The first-order valence-corrected chi connectivity index (χ1v) is 6.11. The monoisotopic (exact) mass is 237 g/mol. The van der Waals surface area contributed by atoms with Gasteiger partial charge in [-0.05, 0) is 12.0 Å². The summed E-state index contributed by atoms with van der Waals surface area (Å²) >= 11 is 4.89. The van der Waals surface area contributed by atoms with Crippen LogP contribution in [0.25, 0.3) is 0 Å². The number of rotatable bonds is 7. The highest BCUT2D eigenvalue weighted by Gasteiger charge is 1.97. The van der Waals surface area contributed by atoms with Gasteiger partial charge in [-0.2, -0.15) is 0 Å². The van der Waals surface area contributed by atoms with Gasteiger partial charge in [0.2, 0.25) is 0 Å². The lowest BCUT2D eigenvalue weighted by atomic mass is 10.1. The highest BCUT2D eigenvalue weighted by Crippen LogP contribution is 2.06. The van der Waals surface area contributed by atoms with Crippen LogP contribution in [0.2, 0.25) is 0 Å². The van der Waals surface area contributed by atoms with E-state index in [9.17, 15) is 0 Å². The van der Waals surface area contributed by atoms with Gasteiger partial charge in [0.25, 0.3) is 0 Å². The van der Waals surface area contributed by atoms with Gasteiger partial charge in [0, 0.05) is 12.2 Å². The molecule has 0 radical (unpaired) electrons. The zero-order valence-corrected chi connectivity index (χ0v) is 10.6. The fraction of sp³-hybridized carbons (Fsp3) is 0.462. The minimum Gasteiger partial charge on any atom is -0.389 e. The van der Waals surface area contributed by atoms with Crippen LogP contribution >= 0.6 is 12.2 Å². The topological polar surface area (TPSA) is 35.2 Å². The fourth-order valence-corrected chi connectivity index (χ4v) is 1.55. The minimum absolute atomic E-state index is 0.440. The average Bonchev–Trinajstić information content (AvgIpc) is 2.29. The van der Waals surface area contributed by atoms with Gasteiger partial charge in [0.05, 0.1) is 6.61 Å². The van der Waals surface area contributed by atoms with E-state index < -0.39 is 0 Å². The molecule has 0 spiro atoms. The molecule has 88 valence electrons. The molecule has 1 aromatic rings. The van der Waals surface area contributed by atoms with Gasteiger partial charge in [-0.15, -0.1) is 0 Å². The number of hydrogen-bond donors (Lipinski definition) is 1. The molecule has 0 bridgehead atoms. The molecule has 16 heavy (non-hydrogen) atoms. The molecule has 0 heterocycles. The van der Waals surface area contributed by atoms with E-state index in [-0.39, 0.29) is 0 Å². The van der Waals surface area contributed by atoms with Crippen molar-refractivity contribution < 1.29 is 4.74 Å². The molecular weight excluding hydrogens is 218 g/mol. The van der Waals surface area contributed by atoms with Crippen molar-refractivity contribution in [2.24, 2.45) is 5.73 Å². The van der Waals surface area contributed by atoms with Crippen LogP contribution in [0.5, 0.6) is 0 Å². The van der Waals surface area contributed by atoms with Crippen molar-refractivity contribution in [2.75, 3.05) is 6.61 Å². The first-order chi connectivity index (χ1) is 7.74. The summed E-state index contributed by atoms with van der Waals surface area (Å²) in [5.41, 5.74) is 7.59. The molecule has 0 aliphatic rings. The standard InChI is InChI=1S/C13H19NOS/c1-2-3-4-9-15-10-11-5-7-12(8-6-11)13(14)16/h5-8H,2-4,9-10H2,1H3,(H2,14,16). The summed E-state index contributed by atoms with van der Waals surface area (Å²) < 4.78 is 5.56. The molecule has 0 aliphatic carbocycles. The van der Waals surface area contributed by atoms with Crippen LogP contribution in [-0.2, 0) is 11.3 Å². The summed E-state index contributed by atoms with van der Waals surface area (Å²) in [7, 11) is 0. The summed E-state index contributed by atoms with van der Waals surface area (Å²) in [4.78, 5) is 0.440. The Morgan fingerprint density at radius 3 is 2.50 bits per heavy atom. The van der Waals surface area contributed by atoms with Gasteiger partial charge in [-0.25, -0.2) is 0 Å². The van der Waals surface area contributed by atoms with Crippen LogP contribution in [0.1, 0.15) is 37.3 Å². The molecule has 0 aliphatic heterocycles. The van der Waals surface area contributed by atoms with Gasteiger partial charge in [0.15, 0.2) is 0 Å². The number of thiocarbonyl (C=S) groups is 1. The Bertz CT molecular complexity index is 321. The van der Waals surface area contributed by atoms with E-state index in [4.69, 9.17) is 22.7 Å². The van der Waals surface area contributed by atoms with Gasteiger partial charge < -0.3 is 10.5 Å². The van der Waals surface area contributed by atoms with E-state index in [1.807, 2.05) is 24.3 Å². The van der Waals surface area contributed by atoms with E-state index in [1.54, 1.807) is 0 Å². The van der Waals surface area contributed by atoms with Crippen LogP contribution in [-0.4, -0.2) is 11.6 Å². The molecule has 0 atom stereocenters. The van der Waals surface area contributed by atoms with Crippen molar-refractivity contribution in [1.82, 2.24) is 0 Å². The lowest BCUT2D eigenvalue weighted by Gasteiger charge is -2.05. The van der Waals surface area contributed by atoms with Crippen LogP contribution in [0.3, 0.4) is 0 Å². The summed E-state index contributed by atoms with van der Waals surface area (Å²) in [6, 6.07) is 7.89. The molecule has 2 N–H and O–H groups in total. The summed E-state index contributed by atoms with van der Waals surface area (Å²) in [5.74, 6) is 0. The van der Waals surface area contributed by atoms with Crippen LogP contribution in [0.4, 0.5) is 0 Å². The second-order valence-corrected chi connectivity index (χ2v) is 4.26. The summed E-state index contributed by atoms with van der Waals surface area (Å²) in [6.07, 6.45) is 3.61. The fourth-order valence-electron chi connectivity index (χ4n) is 1.41. The maximum absolute atomic E-state index is 5.56. The number of ether oxygens (including phenoxy) is 1. The van der Waals surface area contributed by atoms with Gasteiger partial charge in [-0.1, -0.05) is 56.2 Å². The molecule has 1 rings (SSSR count). The second-order valence-electron chi connectivity index (χ2n) is 3.82. The molecular formula is C13H19NOS. The van der Waals surface area contributed by atoms with Gasteiger partial charge in [-0.3, -0.25) is 0 Å².